The SMILES string of the molecule is OCc1cccc(-c2cc(Cl)c(Cl)c(Cl)c2)n1. The van der Waals surface area contributed by atoms with Gasteiger partial charge in [-0.1, -0.05) is 40.9 Å². The molecular formula is C12H8Cl3NO. The van der Waals surface area contributed by atoms with Crippen molar-refractivity contribution in [1.82, 2.24) is 4.98 Å². The quantitative estimate of drug-likeness (QED) is 0.840. The van der Waals surface area contributed by atoms with Gasteiger partial charge in [0.2, 0.25) is 0 Å². The number of aliphatic hydroxyl groups excluding tert-OH is 1. The molecule has 2 nitrogen and oxygen atoms in total. The van der Waals surface area contributed by atoms with Crippen LogP contribution in [0.25, 0.3) is 11.3 Å². The molecule has 0 atom stereocenters. The van der Waals surface area contributed by atoms with Crippen LogP contribution in [0.1, 0.15) is 5.69 Å². The number of halogens is 3. The fourth-order valence-electron chi connectivity index (χ4n) is 1.43. The molecule has 1 aromatic heterocycles. The first-order chi connectivity index (χ1) is 8.11. The number of hydrogen-bond acceptors (Lipinski definition) is 2. The molecule has 0 saturated carbocycles. The fraction of sp³-hybridized carbons (Fsp3) is 0.0833. The molecule has 88 valence electrons. The predicted molar refractivity (Wildman–Crippen MR) is 70.6 cm³/mol. The van der Waals surface area contributed by atoms with Crippen molar-refractivity contribution in [2.24, 2.45) is 0 Å². The van der Waals surface area contributed by atoms with E-state index in [9.17, 15) is 0 Å². The van der Waals surface area contributed by atoms with Crippen molar-refractivity contribution in [3.05, 3.63) is 51.1 Å². The Bertz CT molecular complexity index is 534. The fourth-order valence-corrected chi connectivity index (χ4v) is 2.03. The van der Waals surface area contributed by atoms with Crippen LogP contribution in [0.3, 0.4) is 0 Å². The van der Waals surface area contributed by atoms with Crippen molar-refractivity contribution in [3.63, 3.8) is 0 Å². The summed E-state index contributed by atoms with van der Waals surface area (Å²) in [5, 5.41) is 10.1. The molecule has 5 heteroatoms. The van der Waals surface area contributed by atoms with Crippen LogP contribution < -0.4 is 0 Å². The van der Waals surface area contributed by atoms with E-state index in [0.717, 1.165) is 5.56 Å². The van der Waals surface area contributed by atoms with Gasteiger partial charge in [0.25, 0.3) is 0 Å². The summed E-state index contributed by atoms with van der Waals surface area (Å²) in [5.41, 5.74) is 2.04. The Labute approximate surface area is 114 Å². The van der Waals surface area contributed by atoms with Crippen LogP contribution in [-0.2, 0) is 6.61 Å². The van der Waals surface area contributed by atoms with Crippen molar-refractivity contribution in [3.8, 4) is 11.3 Å². The van der Waals surface area contributed by atoms with Gasteiger partial charge in [-0.05, 0) is 24.3 Å². The predicted octanol–water partition coefficient (Wildman–Crippen LogP) is 4.20. The van der Waals surface area contributed by atoms with Gasteiger partial charge in [0.1, 0.15) is 0 Å². The summed E-state index contributed by atoms with van der Waals surface area (Å²) in [5.74, 6) is 0. The molecule has 1 aromatic carbocycles. The zero-order valence-electron chi connectivity index (χ0n) is 8.62. The highest BCUT2D eigenvalue weighted by molar-refractivity contribution is 6.48. The highest BCUT2D eigenvalue weighted by atomic mass is 35.5. The average molecular weight is 289 g/mol. The summed E-state index contributed by atoms with van der Waals surface area (Å²) in [6.45, 7) is -0.108. The molecule has 1 N–H and O–H groups in total. The van der Waals surface area contributed by atoms with Gasteiger partial charge in [0, 0.05) is 5.56 Å². The second-order valence-electron chi connectivity index (χ2n) is 3.43. The number of pyridine rings is 1. The Morgan fingerprint density at radius 1 is 1.06 bits per heavy atom. The smallest absolute Gasteiger partial charge is 0.0853 e. The van der Waals surface area contributed by atoms with Crippen LogP contribution in [0.2, 0.25) is 15.1 Å². The highest BCUT2D eigenvalue weighted by Crippen LogP contribution is 2.34. The van der Waals surface area contributed by atoms with Crippen molar-refractivity contribution in [1.29, 1.82) is 0 Å². The number of benzene rings is 1. The molecule has 2 aromatic rings. The van der Waals surface area contributed by atoms with E-state index in [4.69, 9.17) is 39.9 Å². The van der Waals surface area contributed by atoms with Crippen LogP contribution >= 0.6 is 34.8 Å². The van der Waals surface area contributed by atoms with Gasteiger partial charge < -0.3 is 5.11 Å². The van der Waals surface area contributed by atoms with E-state index in [1.54, 1.807) is 18.2 Å². The minimum Gasteiger partial charge on any atom is -0.390 e. The Kier molecular flexibility index (Phi) is 3.89. The third kappa shape index (κ3) is 2.72. The van der Waals surface area contributed by atoms with Gasteiger partial charge in [0.05, 0.1) is 33.1 Å². The maximum absolute atomic E-state index is 9.03. The molecule has 1 heterocycles. The minimum absolute atomic E-state index is 0.108. The molecule has 0 saturated heterocycles. The van der Waals surface area contributed by atoms with Crippen LogP contribution in [0.4, 0.5) is 0 Å². The van der Waals surface area contributed by atoms with E-state index < -0.39 is 0 Å². The Morgan fingerprint density at radius 2 is 1.71 bits per heavy atom. The Balaban J connectivity index is 2.52. The van der Waals surface area contributed by atoms with Gasteiger partial charge in [-0.2, -0.15) is 0 Å². The summed E-state index contributed by atoms with van der Waals surface area (Å²) >= 11 is 17.8. The molecule has 0 bridgehead atoms. The molecule has 0 unspecified atom stereocenters. The summed E-state index contributed by atoms with van der Waals surface area (Å²) in [6, 6.07) is 8.75. The number of rotatable bonds is 2. The Hall–Kier alpha value is -0.800. The van der Waals surface area contributed by atoms with E-state index in [-0.39, 0.29) is 6.61 Å². The van der Waals surface area contributed by atoms with Gasteiger partial charge in [0.15, 0.2) is 0 Å². The lowest BCUT2D eigenvalue weighted by Gasteiger charge is -2.06. The van der Waals surface area contributed by atoms with Gasteiger partial charge >= 0.3 is 0 Å². The first kappa shape index (κ1) is 12.7. The van der Waals surface area contributed by atoms with E-state index in [0.29, 0.717) is 26.5 Å². The monoisotopic (exact) mass is 287 g/mol. The topological polar surface area (TPSA) is 33.1 Å². The molecule has 0 aliphatic rings. The number of aromatic nitrogens is 1. The standard InChI is InChI=1S/C12H8Cl3NO/c13-9-4-7(5-10(14)12(9)15)11-3-1-2-8(6-17)16-11/h1-5,17H,6H2. The molecule has 0 aliphatic carbocycles. The number of hydrogen-bond donors (Lipinski definition) is 1. The summed E-state index contributed by atoms with van der Waals surface area (Å²) in [7, 11) is 0. The van der Waals surface area contributed by atoms with E-state index >= 15 is 0 Å². The van der Waals surface area contributed by atoms with Crippen molar-refractivity contribution < 1.29 is 5.11 Å². The van der Waals surface area contributed by atoms with Crippen LogP contribution in [-0.4, -0.2) is 10.1 Å². The van der Waals surface area contributed by atoms with E-state index in [1.165, 1.54) is 0 Å². The van der Waals surface area contributed by atoms with Crippen molar-refractivity contribution in [2.45, 2.75) is 6.61 Å². The molecular weight excluding hydrogens is 280 g/mol. The second-order valence-corrected chi connectivity index (χ2v) is 4.62. The zero-order valence-corrected chi connectivity index (χ0v) is 10.9. The lowest BCUT2D eigenvalue weighted by molar-refractivity contribution is 0.277. The van der Waals surface area contributed by atoms with Gasteiger partial charge in [-0.15, -0.1) is 0 Å². The third-order valence-electron chi connectivity index (χ3n) is 2.25. The lowest BCUT2D eigenvalue weighted by Crippen LogP contribution is -1.91. The number of aliphatic hydroxyl groups is 1. The summed E-state index contributed by atoms with van der Waals surface area (Å²) in [4.78, 5) is 4.26. The van der Waals surface area contributed by atoms with Crippen molar-refractivity contribution in [2.75, 3.05) is 0 Å². The molecule has 0 fully saturated rings. The highest BCUT2D eigenvalue weighted by Gasteiger charge is 2.08. The number of nitrogens with zero attached hydrogens (tertiary/aromatic N) is 1. The maximum Gasteiger partial charge on any atom is 0.0853 e. The average Bonchev–Trinajstić information content (AvgIpc) is 2.35. The first-order valence-electron chi connectivity index (χ1n) is 4.83. The largest absolute Gasteiger partial charge is 0.390 e. The van der Waals surface area contributed by atoms with Crippen LogP contribution in [0.5, 0.6) is 0 Å². The van der Waals surface area contributed by atoms with Gasteiger partial charge in [-0.3, -0.25) is 4.98 Å². The molecule has 2 rings (SSSR count). The van der Waals surface area contributed by atoms with E-state index in [1.807, 2.05) is 12.1 Å². The van der Waals surface area contributed by atoms with Crippen LogP contribution in [0.15, 0.2) is 30.3 Å². The normalized spacial score (nSPS) is 10.6. The van der Waals surface area contributed by atoms with Crippen LogP contribution in [0, 0.1) is 0 Å². The van der Waals surface area contributed by atoms with E-state index in [2.05, 4.69) is 4.98 Å². The zero-order chi connectivity index (χ0) is 12.4. The minimum atomic E-state index is -0.108. The third-order valence-corrected chi connectivity index (χ3v) is 3.45. The molecule has 17 heavy (non-hydrogen) atoms. The second kappa shape index (κ2) is 5.23. The molecule has 0 amide bonds. The lowest BCUT2D eigenvalue weighted by atomic mass is 10.1. The van der Waals surface area contributed by atoms with Crippen molar-refractivity contribution >= 4 is 34.8 Å². The molecule has 0 spiro atoms. The summed E-state index contributed by atoms with van der Waals surface area (Å²) in [6.07, 6.45) is 0. The van der Waals surface area contributed by atoms with Gasteiger partial charge in [-0.25, -0.2) is 0 Å². The summed E-state index contributed by atoms with van der Waals surface area (Å²) < 4.78 is 0. The Morgan fingerprint density at radius 3 is 2.29 bits per heavy atom. The molecule has 0 aliphatic heterocycles. The first-order valence-corrected chi connectivity index (χ1v) is 5.97. The maximum atomic E-state index is 9.03. The molecule has 0 radical (unpaired) electrons.